The summed E-state index contributed by atoms with van der Waals surface area (Å²) in [4.78, 5) is 50.0. The lowest BCUT2D eigenvalue weighted by Gasteiger charge is -2.25. The Morgan fingerprint density at radius 1 is 1.10 bits per heavy atom. The van der Waals surface area contributed by atoms with E-state index in [1.54, 1.807) is 6.92 Å². The summed E-state index contributed by atoms with van der Waals surface area (Å²) >= 11 is 0. The minimum Gasteiger partial charge on any atom is -0.464 e. The molecule has 1 heterocycles. The summed E-state index contributed by atoms with van der Waals surface area (Å²) in [6.45, 7) is 5.18. The fourth-order valence-corrected chi connectivity index (χ4v) is 3.19. The maximum atomic E-state index is 12.8. The van der Waals surface area contributed by atoms with Gasteiger partial charge in [-0.1, -0.05) is 38.5 Å². The summed E-state index contributed by atoms with van der Waals surface area (Å²) in [5.74, 6) is -2.02. The van der Waals surface area contributed by atoms with Gasteiger partial charge in [0.2, 0.25) is 17.7 Å². The first-order valence-corrected chi connectivity index (χ1v) is 10.2. The van der Waals surface area contributed by atoms with Crippen LogP contribution in [0.5, 0.6) is 0 Å². The first-order valence-electron chi connectivity index (χ1n) is 10.2. The van der Waals surface area contributed by atoms with Crippen molar-refractivity contribution in [3.63, 3.8) is 0 Å². The second-order valence-corrected chi connectivity index (χ2v) is 7.60. The van der Waals surface area contributed by atoms with E-state index in [0.717, 1.165) is 18.4 Å². The predicted molar refractivity (Wildman–Crippen MR) is 108 cm³/mol. The van der Waals surface area contributed by atoms with Crippen LogP contribution in [0.3, 0.4) is 0 Å². The molecule has 1 saturated heterocycles. The van der Waals surface area contributed by atoms with E-state index in [4.69, 9.17) is 4.74 Å². The van der Waals surface area contributed by atoms with Gasteiger partial charge >= 0.3 is 5.97 Å². The molecular weight excluding hydrogens is 374 g/mol. The van der Waals surface area contributed by atoms with E-state index in [1.807, 2.05) is 32.1 Å². The molecular formula is C21H31N3O5. The predicted octanol–water partition coefficient (Wildman–Crippen LogP) is 1.12. The third-order valence-electron chi connectivity index (χ3n) is 5.25. The Balaban J connectivity index is 2.18. The summed E-state index contributed by atoms with van der Waals surface area (Å²) < 4.78 is 5.21. The second-order valence-electron chi connectivity index (χ2n) is 7.60. The molecule has 8 nitrogen and oxygen atoms in total. The molecule has 0 aromatic rings. The molecule has 1 aliphatic heterocycles. The van der Waals surface area contributed by atoms with Gasteiger partial charge in [-0.15, -0.1) is 0 Å². The Morgan fingerprint density at radius 3 is 2.52 bits per heavy atom. The molecule has 2 rings (SSSR count). The highest BCUT2D eigenvalue weighted by Crippen LogP contribution is 2.16. The fraction of sp³-hybridized carbons (Fsp3) is 0.619. The molecule has 4 atom stereocenters. The number of allylic oxidation sites excluding steroid dienone is 3. The van der Waals surface area contributed by atoms with Crippen molar-refractivity contribution in [2.75, 3.05) is 6.61 Å². The summed E-state index contributed by atoms with van der Waals surface area (Å²) in [6, 6.07) is -2.50. The van der Waals surface area contributed by atoms with E-state index in [9.17, 15) is 19.2 Å². The maximum absolute atomic E-state index is 12.8. The first kappa shape index (κ1) is 22.6. The molecule has 0 unspecified atom stereocenters. The number of amides is 3. The largest absolute Gasteiger partial charge is 0.464 e. The number of carbonyl (C=O) groups is 4. The number of cyclic esters (lactones) is 1. The van der Waals surface area contributed by atoms with Gasteiger partial charge < -0.3 is 20.7 Å². The highest BCUT2D eigenvalue weighted by atomic mass is 16.5. The molecule has 1 aliphatic carbocycles. The molecule has 160 valence electrons. The van der Waals surface area contributed by atoms with Crippen molar-refractivity contribution in [1.29, 1.82) is 0 Å². The van der Waals surface area contributed by atoms with Gasteiger partial charge in [-0.2, -0.15) is 0 Å². The maximum Gasteiger partial charge on any atom is 0.328 e. The Bertz CT molecular complexity index is 700. The lowest BCUT2D eigenvalue weighted by atomic mass is 9.98. The summed E-state index contributed by atoms with van der Waals surface area (Å²) in [6.07, 6.45) is 8.78. The van der Waals surface area contributed by atoms with Crippen LogP contribution in [-0.2, 0) is 23.9 Å². The smallest absolute Gasteiger partial charge is 0.328 e. The number of carbonyl (C=O) groups excluding carboxylic acids is 4. The second kappa shape index (κ2) is 10.8. The monoisotopic (exact) mass is 405 g/mol. The third kappa shape index (κ3) is 6.73. The highest BCUT2D eigenvalue weighted by Gasteiger charge is 2.31. The van der Waals surface area contributed by atoms with Crippen LogP contribution >= 0.6 is 0 Å². The van der Waals surface area contributed by atoms with Crippen LogP contribution in [0.25, 0.3) is 0 Å². The van der Waals surface area contributed by atoms with Crippen molar-refractivity contribution >= 4 is 23.7 Å². The van der Waals surface area contributed by atoms with Gasteiger partial charge in [-0.05, 0) is 31.3 Å². The number of hydrogen-bond acceptors (Lipinski definition) is 5. The van der Waals surface area contributed by atoms with E-state index in [-0.39, 0.29) is 24.9 Å². The Morgan fingerprint density at radius 2 is 1.86 bits per heavy atom. The van der Waals surface area contributed by atoms with Gasteiger partial charge in [0.15, 0.2) is 0 Å². The molecule has 0 aromatic heterocycles. The Labute approximate surface area is 171 Å². The molecule has 3 N–H and O–H groups in total. The minimum absolute atomic E-state index is 0.0544. The summed E-state index contributed by atoms with van der Waals surface area (Å²) in [5, 5.41) is 8.03. The molecule has 0 bridgehead atoms. The van der Waals surface area contributed by atoms with Gasteiger partial charge in [0.25, 0.3) is 0 Å². The zero-order chi connectivity index (χ0) is 21.4. The zero-order valence-corrected chi connectivity index (χ0v) is 17.3. The van der Waals surface area contributed by atoms with Gasteiger partial charge in [-0.25, -0.2) is 4.79 Å². The number of ether oxygens (including phenoxy) is 1. The van der Waals surface area contributed by atoms with Crippen LogP contribution in [0, 0.1) is 5.92 Å². The SMILES string of the molecule is CC[C@H](C)[C@H]1NC(=O)[C@@H](C)NC(=O)[C@@H](CC2=CCCC=C2)NC(=O)CCOC1=O. The molecule has 0 aromatic carbocycles. The van der Waals surface area contributed by atoms with Crippen molar-refractivity contribution in [3.05, 3.63) is 23.8 Å². The lowest BCUT2D eigenvalue weighted by Crippen LogP contribution is -2.55. The number of nitrogens with one attached hydrogen (secondary N) is 3. The van der Waals surface area contributed by atoms with Crippen molar-refractivity contribution in [1.82, 2.24) is 16.0 Å². The molecule has 3 amide bonds. The fourth-order valence-electron chi connectivity index (χ4n) is 3.19. The van der Waals surface area contributed by atoms with Gasteiger partial charge in [-0.3, -0.25) is 14.4 Å². The average molecular weight is 405 g/mol. The Kier molecular flexibility index (Phi) is 8.42. The normalized spacial score (nSPS) is 27.8. The van der Waals surface area contributed by atoms with Gasteiger partial charge in [0.05, 0.1) is 6.42 Å². The molecule has 1 fully saturated rings. The van der Waals surface area contributed by atoms with Crippen LogP contribution in [-0.4, -0.2) is 48.4 Å². The van der Waals surface area contributed by atoms with Gasteiger partial charge in [0, 0.05) is 6.42 Å². The summed E-state index contributed by atoms with van der Waals surface area (Å²) in [5.41, 5.74) is 0.960. The highest BCUT2D eigenvalue weighted by molar-refractivity contribution is 5.93. The number of esters is 1. The quantitative estimate of drug-likeness (QED) is 0.607. The minimum atomic E-state index is -0.863. The number of hydrogen-bond donors (Lipinski definition) is 3. The standard InChI is InChI=1S/C21H31N3O5/c1-4-13(2)18-21(28)29-11-10-17(25)23-16(12-15-8-6-5-7-9-15)20(27)22-14(3)19(26)24-18/h6,8-9,13-14,16,18H,4-5,7,10-12H2,1-3H3,(H,22,27)(H,23,25)(H,24,26)/t13-,14+,16+,18+/m0/s1. The third-order valence-corrected chi connectivity index (χ3v) is 5.25. The van der Waals surface area contributed by atoms with Crippen LogP contribution in [0.15, 0.2) is 23.8 Å². The number of rotatable bonds is 4. The molecule has 0 radical (unpaired) electrons. The van der Waals surface area contributed by atoms with E-state index in [0.29, 0.717) is 12.8 Å². The van der Waals surface area contributed by atoms with Crippen LogP contribution in [0.4, 0.5) is 0 Å². The zero-order valence-electron chi connectivity index (χ0n) is 17.3. The molecule has 8 heteroatoms. The van der Waals surface area contributed by atoms with E-state index < -0.39 is 35.9 Å². The topological polar surface area (TPSA) is 114 Å². The van der Waals surface area contributed by atoms with Crippen LogP contribution in [0.1, 0.15) is 52.9 Å². The van der Waals surface area contributed by atoms with Crippen molar-refractivity contribution in [2.45, 2.75) is 71.0 Å². The van der Waals surface area contributed by atoms with E-state index >= 15 is 0 Å². The van der Waals surface area contributed by atoms with Crippen LogP contribution in [0.2, 0.25) is 0 Å². The van der Waals surface area contributed by atoms with Crippen molar-refractivity contribution in [2.24, 2.45) is 5.92 Å². The molecule has 2 aliphatic rings. The van der Waals surface area contributed by atoms with Crippen LogP contribution < -0.4 is 16.0 Å². The Hall–Kier alpha value is -2.64. The van der Waals surface area contributed by atoms with Crippen molar-refractivity contribution < 1.29 is 23.9 Å². The van der Waals surface area contributed by atoms with Crippen molar-refractivity contribution in [3.8, 4) is 0 Å². The lowest BCUT2D eigenvalue weighted by molar-refractivity contribution is -0.150. The molecule has 0 spiro atoms. The summed E-state index contributed by atoms with van der Waals surface area (Å²) in [7, 11) is 0. The average Bonchev–Trinajstić information content (AvgIpc) is 2.71. The van der Waals surface area contributed by atoms with E-state index in [2.05, 4.69) is 16.0 Å². The molecule has 0 saturated carbocycles. The van der Waals surface area contributed by atoms with Gasteiger partial charge in [0.1, 0.15) is 24.7 Å². The first-order chi connectivity index (χ1) is 13.8. The van der Waals surface area contributed by atoms with E-state index in [1.165, 1.54) is 0 Å². The molecule has 29 heavy (non-hydrogen) atoms.